The first kappa shape index (κ1) is 13.9. The molecule has 0 unspecified atom stereocenters. The second-order valence-electron chi connectivity index (χ2n) is 3.22. The fourth-order valence-electron chi connectivity index (χ4n) is 1.43. The number of hydrogen-bond acceptors (Lipinski definition) is 5. The molecule has 0 heterocycles. The van der Waals surface area contributed by atoms with Crippen LogP contribution in [0, 0.1) is 21.4 Å². The fraction of sp³-hybridized carbons (Fsp3) is 0.273. The highest BCUT2D eigenvalue weighted by atomic mass is 35.5. The van der Waals surface area contributed by atoms with E-state index in [4.69, 9.17) is 21.6 Å². The summed E-state index contributed by atoms with van der Waals surface area (Å²) in [7, 11) is 0. The first-order valence-electron chi connectivity index (χ1n) is 5.00. The summed E-state index contributed by atoms with van der Waals surface area (Å²) in [5.74, 6) is -0.880. The van der Waals surface area contributed by atoms with E-state index in [0.29, 0.717) is 5.56 Å². The van der Waals surface area contributed by atoms with Gasteiger partial charge in [0.05, 0.1) is 11.5 Å². The highest BCUT2D eigenvalue weighted by molar-refractivity contribution is 6.17. The number of halogens is 1. The Balaban J connectivity index is 3.50. The lowest BCUT2D eigenvalue weighted by atomic mass is 10.0. The van der Waals surface area contributed by atoms with Crippen LogP contribution in [0.25, 0.3) is 0 Å². The molecule has 0 bridgehead atoms. The molecule has 18 heavy (non-hydrogen) atoms. The van der Waals surface area contributed by atoms with Gasteiger partial charge >= 0.3 is 11.7 Å². The Morgan fingerprint density at radius 3 is 2.72 bits per heavy atom. The molecule has 0 amide bonds. The molecule has 0 saturated heterocycles. The average Bonchev–Trinajstić information content (AvgIpc) is 2.36. The smallest absolute Gasteiger partial charge is 0.345 e. The maximum Gasteiger partial charge on any atom is 0.345 e. The topological polar surface area (TPSA) is 93.2 Å². The predicted octanol–water partition coefficient (Wildman–Crippen LogP) is 2.38. The molecule has 0 spiro atoms. The van der Waals surface area contributed by atoms with Gasteiger partial charge in [0.25, 0.3) is 0 Å². The Bertz CT molecular complexity index is 537. The molecule has 1 rings (SSSR count). The normalized spacial score (nSPS) is 9.61. The highest BCUT2D eigenvalue weighted by Crippen LogP contribution is 2.28. The van der Waals surface area contributed by atoms with Gasteiger partial charge in [-0.2, -0.15) is 5.26 Å². The van der Waals surface area contributed by atoms with Crippen LogP contribution in [0.4, 0.5) is 5.69 Å². The van der Waals surface area contributed by atoms with Crippen LogP contribution >= 0.6 is 11.6 Å². The van der Waals surface area contributed by atoms with E-state index in [1.54, 1.807) is 13.0 Å². The van der Waals surface area contributed by atoms with Crippen molar-refractivity contribution >= 4 is 23.3 Å². The molecule has 0 aliphatic rings. The number of nitriles is 1. The van der Waals surface area contributed by atoms with E-state index in [-0.39, 0.29) is 23.6 Å². The van der Waals surface area contributed by atoms with Crippen LogP contribution in [-0.2, 0) is 10.6 Å². The second kappa shape index (κ2) is 5.98. The molecule has 1 aromatic rings. The zero-order valence-electron chi connectivity index (χ0n) is 9.47. The van der Waals surface area contributed by atoms with Crippen molar-refractivity contribution in [2.24, 2.45) is 0 Å². The molecule has 6 nitrogen and oxygen atoms in total. The minimum atomic E-state index is -0.832. The van der Waals surface area contributed by atoms with E-state index in [0.717, 1.165) is 0 Å². The zero-order valence-corrected chi connectivity index (χ0v) is 10.2. The van der Waals surface area contributed by atoms with Gasteiger partial charge in [-0.3, -0.25) is 10.1 Å². The van der Waals surface area contributed by atoms with Gasteiger partial charge in [0, 0.05) is 5.88 Å². The summed E-state index contributed by atoms with van der Waals surface area (Å²) in [5.41, 5.74) is -0.708. The van der Waals surface area contributed by atoms with Crippen molar-refractivity contribution in [2.75, 3.05) is 6.61 Å². The van der Waals surface area contributed by atoms with E-state index < -0.39 is 16.6 Å². The molecule has 0 fully saturated rings. The molecule has 0 aliphatic heterocycles. The van der Waals surface area contributed by atoms with Crippen LogP contribution in [0.5, 0.6) is 0 Å². The molecular weight excluding hydrogens is 260 g/mol. The molecule has 0 N–H and O–H groups in total. The molecule has 0 aliphatic carbocycles. The number of alkyl halides is 1. The van der Waals surface area contributed by atoms with Crippen molar-refractivity contribution in [3.05, 3.63) is 38.9 Å². The summed E-state index contributed by atoms with van der Waals surface area (Å²) >= 11 is 5.59. The highest BCUT2D eigenvalue weighted by Gasteiger charge is 2.27. The first-order chi connectivity index (χ1) is 8.56. The molecule has 1 aromatic carbocycles. The third-order valence-corrected chi connectivity index (χ3v) is 2.49. The third-order valence-electron chi connectivity index (χ3n) is 2.20. The summed E-state index contributed by atoms with van der Waals surface area (Å²) in [6.07, 6.45) is 0. The van der Waals surface area contributed by atoms with Gasteiger partial charge in [0.1, 0.15) is 17.2 Å². The average molecular weight is 269 g/mol. The van der Waals surface area contributed by atoms with Crippen molar-refractivity contribution in [2.45, 2.75) is 12.8 Å². The van der Waals surface area contributed by atoms with Crippen molar-refractivity contribution in [3.63, 3.8) is 0 Å². The van der Waals surface area contributed by atoms with Crippen LogP contribution in [-0.4, -0.2) is 17.5 Å². The van der Waals surface area contributed by atoms with Crippen molar-refractivity contribution < 1.29 is 14.5 Å². The quantitative estimate of drug-likeness (QED) is 0.362. The standard InChI is InChI=1S/C11H9ClN2O4/c1-2-18-11(15)8-4-3-7(5-12)9(6-13)10(8)14(16)17/h3-4H,2,5H2,1H3. The number of ether oxygens (including phenoxy) is 1. The van der Waals surface area contributed by atoms with Crippen LogP contribution in [0.3, 0.4) is 0 Å². The fourth-order valence-corrected chi connectivity index (χ4v) is 1.65. The molecule has 0 saturated carbocycles. The van der Waals surface area contributed by atoms with Gasteiger partial charge in [-0.25, -0.2) is 4.79 Å². The van der Waals surface area contributed by atoms with Crippen LogP contribution in [0.15, 0.2) is 12.1 Å². The molecular formula is C11H9ClN2O4. The van der Waals surface area contributed by atoms with Crippen molar-refractivity contribution in [1.82, 2.24) is 0 Å². The lowest BCUT2D eigenvalue weighted by molar-refractivity contribution is -0.385. The number of carbonyl (C=O) groups is 1. The van der Waals surface area contributed by atoms with Gasteiger partial charge in [-0.1, -0.05) is 6.07 Å². The number of nitrogens with zero attached hydrogens (tertiary/aromatic N) is 2. The van der Waals surface area contributed by atoms with E-state index in [1.165, 1.54) is 12.1 Å². The number of nitro benzene ring substituents is 1. The van der Waals surface area contributed by atoms with Crippen LogP contribution < -0.4 is 0 Å². The third kappa shape index (κ3) is 2.57. The van der Waals surface area contributed by atoms with Crippen molar-refractivity contribution in [1.29, 1.82) is 5.26 Å². The van der Waals surface area contributed by atoms with Crippen molar-refractivity contribution in [3.8, 4) is 6.07 Å². The minimum Gasteiger partial charge on any atom is -0.462 e. The minimum absolute atomic E-state index is 0.0488. The lowest BCUT2D eigenvalue weighted by Gasteiger charge is -2.06. The Labute approximate surface area is 108 Å². The van der Waals surface area contributed by atoms with Gasteiger partial charge in [-0.05, 0) is 18.6 Å². The van der Waals surface area contributed by atoms with Gasteiger partial charge in [0.15, 0.2) is 0 Å². The number of carbonyl (C=O) groups excluding carboxylic acids is 1. The Morgan fingerprint density at radius 2 is 2.28 bits per heavy atom. The Morgan fingerprint density at radius 1 is 1.61 bits per heavy atom. The van der Waals surface area contributed by atoms with E-state index in [2.05, 4.69) is 0 Å². The van der Waals surface area contributed by atoms with E-state index in [9.17, 15) is 14.9 Å². The van der Waals surface area contributed by atoms with Gasteiger partial charge < -0.3 is 4.74 Å². The summed E-state index contributed by atoms with van der Waals surface area (Å²) < 4.78 is 4.71. The first-order valence-corrected chi connectivity index (χ1v) is 5.53. The summed E-state index contributed by atoms with van der Waals surface area (Å²) in [6, 6.07) is 4.35. The Kier molecular flexibility index (Phi) is 4.63. The summed E-state index contributed by atoms with van der Waals surface area (Å²) in [6.45, 7) is 1.68. The molecule has 7 heteroatoms. The zero-order chi connectivity index (χ0) is 13.7. The van der Waals surface area contributed by atoms with Gasteiger partial charge in [0.2, 0.25) is 0 Å². The van der Waals surface area contributed by atoms with Crippen LogP contribution in [0.2, 0.25) is 0 Å². The maximum absolute atomic E-state index is 11.6. The molecule has 0 aromatic heterocycles. The number of rotatable bonds is 4. The predicted molar refractivity (Wildman–Crippen MR) is 63.3 cm³/mol. The number of esters is 1. The largest absolute Gasteiger partial charge is 0.462 e. The number of nitro groups is 1. The Hall–Kier alpha value is -2.13. The van der Waals surface area contributed by atoms with E-state index >= 15 is 0 Å². The number of benzene rings is 1. The lowest BCUT2D eigenvalue weighted by Crippen LogP contribution is -2.10. The summed E-state index contributed by atoms with van der Waals surface area (Å²) in [4.78, 5) is 21.8. The summed E-state index contributed by atoms with van der Waals surface area (Å²) in [5, 5.41) is 19.9. The SMILES string of the molecule is CCOC(=O)c1ccc(CCl)c(C#N)c1[N+](=O)[O-]. The second-order valence-corrected chi connectivity index (χ2v) is 3.49. The van der Waals surface area contributed by atoms with E-state index in [1.807, 2.05) is 0 Å². The van der Waals surface area contributed by atoms with Gasteiger partial charge in [-0.15, -0.1) is 11.6 Å². The molecule has 0 radical (unpaired) electrons. The molecule has 0 atom stereocenters. The number of hydrogen-bond donors (Lipinski definition) is 0. The molecule has 94 valence electrons. The maximum atomic E-state index is 11.6. The monoisotopic (exact) mass is 268 g/mol. The van der Waals surface area contributed by atoms with Crippen LogP contribution in [0.1, 0.15) is 28.4 Å².